The number of nitrogen functional groups attached to an aromatic ring is 1. The Balaban J connectivity index is 1.65. The van der Waals surface area contributed by atoms with Gasteiger partial charge in [-0.1, -0.05) is 11.6 Å². The number of amides is 3. The number of carbonyl (C=O) groups excluding carboxylic acids is 2. The third-order valence-electron chi connectivity index (χ3n) is 5.74. The molecule has 3 aromatic rings. The van der Waals surface area contributed by atoms with Crippen LogP contribution < -0.4 is 26.0 Å². The van der Waals surface area contributed by atoms with Crippen LogP contribution in [0.5, 0.6) is 5.75 Å². The van der Waals surface area contributed by atoms with Gasteiger partial charge in [-0.15, -0.1) is 0 Å². The van der Waals surface area contributed by atoms with Crippen LogP contribution in [0.2, 0.25) is 5.02 Å². The summed E-state index contributed by atoms with van der Waals surface area (Å²) in [6, 6.07) is 4.46. The lowest BCUT2D eigenvalue weighted by Gasteiger charge is -2.33. The van der Waals surface area contributed by atoms with Gasteiger partial charge in [-0.2, -0.15) is 13.2 Å². The largest absolute Gasteiger partial charge is 0.468 e. The van der Waals surface area contributed by atoms with Crippen molar-refractivity contribution in [2.75, 3.05) is 22.7 Å². The Morgan fingerprint density at radius 2 is 1.89 bits per heavy atom. The van der Waals surface area contributed by atoms with Gasteiger partial charge in [0, 0.05) is 21.7 Å². The number of hydrogen-bond donors (Lipinski definition) is 3. The molecule has 0 bridgehead atoms. The first kappa shape index (κ1) is 23.7. The third kappa shape index (κ3) is 3.92. The zero-order chi connectivity index (χ0) is 25.9. The van der Waals surface area contributed by atoms with Crippen molar-refractivity contribution < 1.29 is 36.3 Å². The van der Waals surface area contributed by atoms with Crippen LogP contribution >= 0.6 is 11.6 Å². The van der Waals surface area contributed by atoms with E-state index in [0.717, 1.165) is 12.1 Å². The van der Waals surface area contributed by atoms with Crippen molar-refractivity contribution in [3.05, 3.63) is 81.4 Å². The van der Waals surface area contributed by atoms with Crippen LogP contribution in [0.3, 0.4) is 0 Å². The minimum absolute atomic E-state index is 0.0144. The topological polar surface area (TPSA) is 96.7 Å². The molecule has 3 aromatic carbocycles. The fraction of sp³-hybridized carbons (Fsp3) is 0.130. The highest BCUT2D eigenvalue weighted by molar-refractivity contribution is 6.31. The number of rotatable bonds is 3. The fourth-order valence-corrected chi connectivity index (χ4v) is 4.40. The first-order valence-corrected chi connectivity index (χ1v) is 10.6. The van der Waals surface area contributed by atoms with E-state index in [9.17, 15) is 31.5 Å². The number of alkyl halides is 3. The van der Waals surface area contributed by atoms with Gasteiger partial charge in [0.05, 0.1) is 23.0 Å². The summed E-state index contributed by atoms with van der Waals surface area (Å²) in [7, 11) is 0. The summed E-state index contributed by atoms with van der Waals surface area (Å²) >= 11 is 6.28. The maximum Gasteiger partial charge on any atom is 0.416 e. The molecule has 0 saturated carbocycles. The molecule has 3 amide bonds. The molecule has 5 rings (SSSR count). The van der Waals surface area contributed by atoms with Gasteiger partial charge in [0.2, 0.25) is 0 Å². The minimum Gasteiger partial charge on any atom is -0.468 e. The molecule has 0 aliphatic carbocycles. The highest BCUT2D eigenvalue weighted by Gasteiger charge is 2.42. The first-order valence-electron chi connectivity index (χ1n) is 10.3. The maximum absolute atomic E-state index is 14.1. The molecule has 7 nitrogen and oxygen atoms in total. The Morgan fingerprint density at radius 1 is 1.14 bits per heavy atom. The van der Waals surface area contributed by atoms with E-state index in [0.29, 0.717) is 12.1 Å². The van der Waals surface area contributed by atoms with Crippen LogP contribution in [0.25, 0.3) is 0 Å². The number of carbonyl (C=O) groups is 2. The minimum atomic E-state index is -4.89. The van der Waals surface area contributed by atoms with Crippen LogP contribution in [0.1, 0.15) is 33.1 Å². The molecule has 0 saturated heterocycles. The van der Waals surface area contributed by atoms with Gasteiger partial charge in [0.15, 0.2) is 12.5 Å². The molecule has 36 heavy (non-hydrogen) atoms. The molecule has 1 unspecified atom stereocenters. The zero-order valence-corrected chi connectivity index (χ0v) is 18.6. The molecular formula is C23H14ClF5N4O3. The van der Waals surface area contributed by atoms with Crippen molar-refractivity contribution >= 4 is 40.6 Å². The Bertz CT molecular complexity index is 1450. The van der Waals surface area contributed by atoms with Crippen LogP contribution in [0.15, 0.2) is 42.5 Å². The van der Waals surface area contributed by atoms with Crippen LogP contribution in [-0.4, -0.2) is 18.7 Å². The summed E-state index contributed by atoms with van der Waals surface area (Å²) in [5, 5.41) is 5.19. The molecule has 0 radical (unpaired) electrons. The van der Waals surface area contributed by atoms with E-state index in [1.165, 1.54) is 17.0 Å². The average molecular weight is 525 g/mol. The van der Waals surface area contributed by atoms with Gasteiger partial charge in [-0.05, 0) is 42.5 Å². The van der Waals surface area contributed by atoms with Crippen LogP contribution in [0.4, 0.5) is 43.8 Å². The number of benzene rings is 3. The summed E-state index contributed by atoms with van der Waals surface area (Å²) in [6.07, 6.45) is -4.89. The predicted octanol–water partition coefficient (Wildman–Crippen LogP) is 5.44. The second-order valence-electron chi connectivity index (χ2n) is 8.04. The molecule has 0 fully saturated rings. The molecule has 0 aromatic heterocycles. The highest BCUT2D eigenvalue weighted by atomic mass is 35.5. The van der Waals surface area contributed by atoms with E-state index in [1.807, 2.05) is 0 Å². The van der Waals surface area contributed by atoms with E-state index < -0.39 is 46.9 Å². The van der Waals surface area contributed by atoms with Gasteiger partial charge >= 0.3 is 12.2 Å². The monoisotopic (exact) mass is 524 g/mol. The predicted molar refractivity (Wildman–Crippen MR) is 120 cm³/mol. The lowest BCUT2D eigenvalue weighted by Crippen LogP contribution is -2.46. The number of urea groups is 1. The van der Waals surface area contributed by atoms with Crippen molar-refractivity contribution in [2.24, 2.45) is 0 Å². The molecule has 1 atom stereocenters. The van der Waals surface area contributed by atoms with Crippen LogP contribution in [0, 0.1) is 11.6 Å². The van der Waals surface area contributed by atoms with E-state index in [2.05, 4.69) is 10.6 Å². The van der Waals surface area contributed by atoms with Crippen molar-refractivity contribution in [1.82, 2.24) is 5.32 Å². The molecule has 2 aliphatic heterocycles. The normalized spacial score (nSPS) is 16.3. The van der Waals surface area contributed by atoms with E-state index in [-0.39, 0.29) is 51.8 Å². The summed E-state index contributed by atoms with van der Waals surface area (Å²) in [4.78, 5) is 26.9. The molecule has 2 heterocycles. The zero-order valence-electron chi connectivity index (χ0n) is 17.8. The lowest BCUT2D eigenvalue weighted by atomic mass is 9.92. The number of ether oxygens (including phenoxy) is 1. The van der Waals surface area contributed by atoms with Crippen molar-refractivity contribution in [1.29, 1.82) is 0 Å². The van der Waals surface area contributed by atoms with Crippen LogP contribution in [-0.2, 0) is 6.18 Å². The Morgan fingerprint density at radius 3 is 2.61 bits per heavy atom. The number of anilines is 3. The summed E-state index contributed by atoms with van der Waals surface area (Å²) in [5.41, 5.74) is 4.60. The van der Waals surface area contributed by atoms with Gasteiger partial charge in [-0.3, -0.25) is 9.69 Å². The Labute approximate surface area is 204 Å². The molecule has 2 aliphatic rings. The standard InChI is InChI=1S/C23H14ClF5N4O3/c24-14-2-1-11(25)6-13(14)18-17-16(7-15(30)20-19(17)33(8-36-20)22(35)32-18)31-21(34)9-3-10(23(27,28)29)5-12(26)4-9/h1-7,18H,8,30H2,(H,31,34)(H,32,35). The molecule has 13 heteroatoms. The van der Waals surface area contributed by atoms with Gasteiger partial charge in [0.25, 0.3) is 5.91 Å². The molecule has 4 N–H and O–H groups in total. The number of nitrogens with two attached hydrogens (primary N) is 1. The number of nitrogens with one attached hydrogen (secondary N) is 2. The summed E-state index contributed by atoms with van der Waals surface area (Å²) < 4.78 is 72.9. The van der Waals surface area contributed by atoms with Gasteiger partial charge in [0.1, 0.15) is 17.3 Å². The average Bonchev–Trinajstić information content (AvgIpc) is 3.25. The third-order valence-corrected chi connectivity index (χ3v) is 6.08. The number of nitrogens with zero attached hydrogens (tertiary/aromatic N) is 1. The lowest BCUT2D eigenvalue weighted by molar-refractivity contribution is -0.137. The first-order chi connectivity index (χ1) is 16.9. The maximum atomic E-state index is 14.1. The molecule has 0 spiro atoms. The second-order valence-corrected chi connectivity index (χ2v) is 8.44. The second kappa shape index (κ2) is 8.26. The SMILES string of the molecule is Nc1cc(NC(=O)c2cc(F)cc(C(F)(F)F)c2)c2c3c1OCN3C(=O)NC2c1cc(F)ccc1Cl. The van der Waals surface area contributed by atoms with Crippen molar-refractivity contribution in [2.45, 2.75) is 12.2 Å². The smallest absolute Gasteiger partial charge is 0.416 e. The summed E-state index contributed by atoms with van der Waals surface area (Å²) in [6.45, 7) is -0.210. The van der Waals surface area contributed by atoms with Gasteiger partial charge < -0.3 is 21.1 Å². The molecular weight excluding hydrogens is 511 g/mol. The summed E-state index contributed by atoms with van der Waals surface area (Å²) in [5.74, 6) is -2.87. The van der Waals surface area contributed by atoms with Gasteiger partial charge in [-0.25, -0.2) is 13.6 Å². The van der Waals surface area contributed by atoms with E-state index in [4.69, 9.17) is 22.1 Å². The number of hydrogen-bond acceptors (Lipinski definition) is 4. The Hall–Kier alpha value is -4.06. The molecule has 186 valence electrons. The Kier molecular flexibility index (Phi) is 5.43. The van der Waals surface area contributed by atoms with E-state index in [1.54, 1.807) is 0 Å². The number of halogens is 6. The fourth-order valence-electron chi connectivity index (χ4n) is 4.18. The highest BCUT2D eigenvalue weighted by Crippen LogP contribution is 2.52. The van der Waals surface area contributed by atoms with Crippen molar-refractivity contribution in [3.63, 3.8) is 0 Å². The van der Waals surface area contributed by atoms with Crippen molar-refractivity contribution in [3.8, 4) is 5.75 Å². The van der Waals surface area contributed by atoms with E-state index >= 15 is 0 Å². The quantitative estimate of drug-likeness (QED) is 0.314.